The minimum atomic E-state index is -1.76. The van der Waals surface area contributed by atoms with Gasteiger partial charge in [0.2, 0.25) is 0 Å². The highest BCUT2D eigenvalue weighted by Gasteiger charge is 2.55. The van der Waals surface area contributed by atoms with Gasteiger partial charge in [-0.15, -0.1) is 0 Å². The molecular weight excluding hydrogens is 344 g/mol. The monoisotopic (exact) mass is 378 g/mol. The van der Waals surface area contributed by atoms with E-state index in [9.17, 15) is 0 Å². The molecule has 23 heavy (non-hydrogen) atoms. The first-order chi connectivity index (χ1) is 10.3. The van der Waals surface area contributed by atoms with Crippen molar-refractivity contribution in [2.24, 2.45) is 0 Å². The van der Waals surface area contributed by atoms with Gasteiger partial charge in [0.25, 0.3) is 0 Å². The molecule has 136 valence electrons. The first kappa shape index (κ1) is 19.8. The minimum absolute atomic E-state index is 0.0467. The van der Waals surface area contributed by atoms with Crippen LogP contribution in [0.3, 0.4) is 0 Å². The fourth-order valence-electron chi connectivity index (χ4n) is 2.96. The molecule has 0 aromatic carbocycles. The van der Waals surface area contributed by atoms with E-state index in [1.807, 2.05) is 0 Å². The van der Waals surface area contributed by atoms with Gasteiger partial charge in [-0.05, 0) is 58.9 Å². The van der Waals surface area contributed by atoms with Gasteiger partial charge in [0.1, 0.15) is 24.4 Å². The molecule has 0 saturated carbocycles. The standard InChI is InChI=1S/C15H34O5Si3/c1-21(2,3)18-12-11-10-16-15(17-11)14(20-23(7,8)9)13(12)19-22(4,5)6/h11-15H,10H2,1-9H3/t11-,12+,13+,14-,15-/m1/s1. The van der Waals surface area contributed by atoms with Crippen LogP contribution in [0.15, 0.2) is 0 Å². The Morgan fingerprint density at radius 2 is 1.09 bits per heavy atom. The quantitative estimate of drug-likeness (QED) is 0.663. The lowest BCUT2D eigenvalue weighted by Crippen LogP contribution is -2.62. The molecule has 0 aromatic heterocycles. The molecule has 2 bridgehead atoms. The summed E-state index contributed by atoms with van der Waals surface area (Å²) < 4.78 is 31.4. The summed E-state index contributed by atoms with van der Waals surface area (Å²) in [7, 11) is -5.24. The van der Waals surface area contributed by atoms with E-state index >= 15 is 0 Å². The highest BCUT2D eigenvalue weighted by Crippen LogP contribution is 2.37. The van der Waals surface area contributed by atoms with E-state index in [1.165, 1.54) is 0 Å². The van der Waals surface area contributed by atoms with Crippen molar-refractivity contribution in [2.75, 3.05) is 6.61 Å². The molecule has 0 N–H and O–H groups in total. The zero-order chi connectivity index (χ0) is 17.6. The molecule has 2 fully saturated rings. The van der Waals surface area contributed by atoms with Crippen molar-refractivity contribution in [2.45, 2.75) is 89.6 Å². The third-order valence-corrected chi connectivity index (χ3v) is 6.42. The molecule has 2 aliphatic rings. The summed E-state index contributed by atoms with van der Waals surface area (Å²) >= 11 is 0. The summed E-state index contributed by atoms with van der Waals surface area (Å²) in [4.78, 5) is 0. The van der Waals surface area contributed by atoms with Gasteiger partial charge in [0.05, 0.1) is 6.61 Å². The Hall–Kier alpha value is 0.451. The maximum atomic E-state index is 6.55. The number of hydrogen-bond acceptors (Lipinski definition) is 5. The lowest BCUT2D eigenvalue weighted by Gasteiger charge is -2.46. The Balaban J connectivity index is 2.30. The summed E-state index contributed by atoms with van der Waals surface area (Å²) in [6.45, 7) is 20.4. The van der Waals surface area contributed by atoms with Gasteiger partial charge in [-0.2, -0.15) is 0 Å². The Bertz CT molecular complexity index is 383. The Morgan fingerprint density at radius 3 is 1.57 bits per heavy atom. The van der Waals surface area contributed by atoms with Crippen LogP contribution in [0.4, 0.5) is 0 Å². The van der Waals surface area contributed by atoms with Crippen LogP contribution in [0.25, 0.3) is 0 Å². The molecule has 2 saturated heterocycles. The third kappa shape index (κ3) is 5.74. The lowest BCUT2D eigenvalue weighted by molar-refractivity contribution is -0.214. The summed E-state index contributed by atoms with van der Waals surface area (Å²) in [5, 5.41) is 0. The highest BCUT2D eigenvalue weighted by molar-refractivity contribution is 6.70. The molecule has 0 spiro atoms. The SMILES string of the molecule is C[Si](C)(C)O[C@H]1[C@@H](O[Si](C)(C)C)[C@H]2CO[C@H](O2)[C@@H]1O[Si](C)(C)C. The molecule has 0 amide bonds. The molecule has 0 radical (unpaired) electrons. The number of fused-ring (bicyclic) bond motifs is 2. The fourth-order valence-corrected chi connectivity index (χ4v) is 6.21. The first-order valence-electron chi connectivity index (χ1n) is 8.56. The lowest BCUT2D eigenvalue weighted by atomic mass is 10.0. The summed E-state index contributed by atoms with van der Waals surface area (Å²) in [6.07, 6.45) is -0.780. The van der Waals surface area contributed by atoms with Gasteiger partial charge < -0.3 is 22.8 Å². The van der Waals surface area contributed by atoms with E-state index in [0.717, 1.165) is 0 Å². The van der Waals surface area contributed by atoms with Gasteiger partial charge in [-0.3, -0.25) is 0 Å². The van der Waals surface area contributed by atoms with Crippen molar-refractivity contribution in [1.29, 1.82) is 0 Å². The van der Waals surface area contributed by atoms with Crippen LogP contribution in [-0.4, -0.2) is 62.3 Å². The van der Waals surface area contributed by atoms with Crippen molar-refractivity contribution in [3.8, 4) is 0 Å². The number of hydrogen-bond donors (Lipinski definition) is 0. The van der Waals surface area contributed by atoms with E-state index < -0.39 is 25.0 Å². The maximum Gasteiger partial charge on any atom is 0.185 e. The molecule has 2 aliphatic heterocycles. The topological polar surface area (TPSA) is 46.2 Å². The highest BCUT2D eigenvalue weighted by atomic mass is 28.4. The first-order valence-corrected chi connectivity index (χ1v) is 18.8. The van der Waals surface area contributed by atoms with Crippen molar-refractivity contribution in [3.05, 3.63) is 0 Å². The normalized spacial score (nSPS) is 35.6. The Morgan fingerprint density at radius 1 is 0.652 bits per heavy atom. The van der Waals surface area contributed by atoms with Crippen LogP contribution in [0.1, 0.15) is 0 Å². The van der Waals surface area contributed by atoms with Crippen molar-refractivity contribution in [3.63, 3.8) is 0 Å². The molecule has 5 nitrogen and oxygen atoms in total. The largest absolute Gasteiger partial charge is 0.409 e. The van der Waals surface area contributed by atoms with Crippen LogP contribution < -0.4 is 0 Å². The Kier molecular flexibility index (Phi) is 5.71. The summed E-state index contributed by atoms with van der Waals surface area (Å²) in [5.74, 6) is 0. The van der Waals surface area contributed by atoms with Gasteiger partial charge in [-0.25, -0.2) is 0 Å². The third-order valence-electron chi connectivity index (χ3n) is 3.48. The van der Waals surface area contributed by atoms with Crippen molar-refractivity contribution in [1.82, 2.24) is 0 Å². The number of ether oxygens (including phenoxy) is 2. The van der Waals surface area contributed by atoms with Crippen LogP contribution in [-0.2, 0) is 22.8 Å². The summed E-state index contributed by atoms with van der Waals surface area (Å²) in [5.41, 5.74) is 0. The van der Waals surface area contributed by atoms with E-state index in [0.29, 0.717) is 6.61 Å². The number of rotatable bonds is 6. The van der Waals surface area contributed by atoms with Crippen LogP contribution in [0.5, 0.6) is 0 Å². The Labute approximate surface area is 144 Å². The van der Waals surface area contributed by atoms with E-state index in [2.05, 4.69) is 58.9 Å². The second kappa shape index (κ2) is 6.64. The van der Waals surface area contributed by atoms with Gasteiger partial charge in [0.15, 0.2) is 31.2 Å². The van der Waals surface area contributed by atoms with E-state index in [1.54, 1.807) is 0 Å². The molecule has 0 unspecified atom stereocenters. The van der Waals surface area contributed by atoms with Crippen molar-refractivity contribution >= 4 is 25.0 Å². The molecular formula is C15H34O5Si3. The fraction of sp³-hybridized carbons (Fsp3) is 1.00. The van der Waals surface area contributed by atoms with Crippen LogP contribution >= 0.6 is 0 Å². The van der Waals surface area contributed by atoms with Gasteiger partial charge in [-0.1, -0.05) is 0 Å². The van der Waals surface area contributed by atoms with Crippen LogP contribution in [0, 0.1) is 0 Å². The minimum Gasteiger partial charge on any atom is -0.409 e. The average molecular weight is 379 g/mol. The molecule has 2 heterocycles. The average Bonchev–Trinajstić information content (AvgIpc) is 2.71. The van der Waals surface area contributed by atoms with Crippen LogP contribution in [0.2, 0.25) is 58.9 Å². The molecule has 8 heteroatoms. The predicted molar refractivity (Wildman–Crippen MR) is 99.3 cm³/mol. The van der Waals surface area contributed by atoms with E-state index in [-0.39, 0.29) is 30.7 Å². The van der Waals surface area contributed by atoms with Gasteiger partial charge in [0, 0.05) is 0 Å². The van der Waals surface area contributed by atoms with Crippen molar-refractivity contribution < 1.29 is 22.8 Å². The molecule has 0 aromatic rings. The van der Waals surface area contributed by atoms with E-state index in [4.69, 9.17) is 22.8 Å². The molecule has 5 atom stereocenters. The predicted octanol–water partition coefficient (Wildman–Crippen LogP) is 3.40. The second-order valence-corrected chi connectivity index (χ2v) is 22.8. The maximum absolute atomic E-state index is 6.55. The zero-order valence-electron chi connectivity index (χ0n) is 16.1. The van der Waals surface area contributed by atoms with Gasteiger partial charge >= 0.3 is 0 Å². The zero-order valence-corrected chi connectivity index (χ0v) is 19.1. The molecule has 2 rings (SSSR count). The molecule has 0 aliphatic carbocycles. The second-order valence-electron chi connectivity index (χ2n) is 9.46. The smallest absolute Gasteiger partial charge is 0.185 e. The summed E-state index contributed by atoms with van der Waals surface area (Å²) in [6, 6.07) is 0.